The monoisotopic (exact) mass is 423 g/mol. The molecule has 2 atom stereocenters. The van der Waals surface area contributed by atoms with Gasteiger partial charge in [-0.15, -0.1) is 0 Å². The van der Waals surface area contributed by atoms with E-state index in [1.807, 2.05) is 68.4 Å². The second-order valence-electron chi connectivity index (χ2n) is 8.25. The van der Waals surface area contributed by atoms with Crippen LogP contribution in [-0.4, -0.2) is 34.9 Å². The fourth-order valence-electron chi connectivity index (χ4n) is 3.74. The number of benzene rings is 2. The van der Waals surface area contributed by atoms with Crippen LogP contribution < -0.4 is 11.1 Å². The lowest BCUT2D eigenvalue weighted by molar-refractivity contribution is -0.131. The van der Waals surface area contributed by atoms with Gasteiger partial charge < -0.3 is 15.8 Å². The molecule has 164 valence electrons. The molecule has 0 unspecified atom stereocenters. The number of hydrogen-bond acceptors (Lipinski definition) is 4. The standard InChI is InChI=1S/C24H29N3O4/c1-16(2)12-20(22(25)28)26-23(29)21-13-18-10-6-7-11-19(18)14-27(21)24(30)31-15-17-8-4-3-5-9-17/h3-11,16,20-21H,12-15H2,1-2H3,(H2,25,28)(H,26,29)/t20-,21-/m0/s1. The van der Waals surface area contributed by atoms with Gasteiger partial charge in [-0.2, -0.15) is 0 Å². The Morgan fingerprint density at radius 1 is 1.06 bits per heavy atom. The van der Waals surface area contributed by atoms with Crippen molar-refractivity contribution in [2.45, 2.75) is 51.9 Å². The summed E-state index contributed by atoms with van der Waals surface area (Å²) in [6, 6.07) is 15.5. The minimum atomic E-state index is -0.785. The molecular formula is C24H29N3O4. The van der Waals surface area contributed by atoms with E-state index in [-0.39, 0.29) is 19.1 Å². The largest absolute Gasteiger partial charge is 0.445 e. The highest BCUT2D eigenvalue weighted by molar-refractivity contribution is 5.91. The van der Waals surface area contributed by atoms with Crippen LogP contribution in [0.15, 0.2) is 54.6 Å². The fraction of sp³-hybridized carbons (Fsp3) is 0.375. The third-order valence-electron chi connectivity index (χ3n) is 5.36. The predicted molar refractivity (Wildman–Crippen MR) is 117 cm³/mol. The van der Waals surface area contributed by atoms with E-state index >= 15 is 0 Å². The summed E-state index contributed by atoms with van der Waals surface area (Å²) in [4.78, 5) is 39.3. The van der Waals surface area contributed by atoms with E-state index in [9.17, 15) is 14.4 Å². The van der Waals surface area contributed by atoms with E-state index in [1.54, 1.807) is 0 Å². The molecule has 7 heteroatoms. The maximum Gasteiger partial charge on any atom is 0.411 e. The van der Waals surface area contributed by atoms with Crippen molar-refractivity contribution in [1.82, 2.24) is 10.2 Å². The van der Waals surface area contributed by atoms with Gasteiger partial charge in [0, 0.05) is 6.42 Å². The Morgan fingerprint density at radius 3 is 2.35 bits per heavy atom. The summed E-state index contributed by atoms with van der Waals surface area (Å²) in [6.45, 7) is 4.27. The molecule has 0 saturated heterocycles. The van der Waals surface area contributed by atoms with Gasteiger partial charge >= 0.3 is 6.09 Å². The molecule has 2 aromatic carbocycles. The van der Waals surface area contributed by atoms with Crippen LogP contribution >= 0.6 is 0 Å². The van der Waals surface area contributed by atoms with Gasteiger partial charge in [0.1, 0.15) is 18.7 Å². The van der Waals surface area contributed by atoms with Gasteiger partial charge in [-0.25, -0.2) is 4.79 Å². The third-order valence-corrected chi connectivity index (χ3v) is 5.36. The molecule has 0 bridgehead atoms. The maximum absolute atomic E-state index is 13.1. The normalized spacial score (nSPS) is 16.4. The molecule has 0 saturated carbocycles. The highest BCUT2D eigenvalue weighted by Gasteiger charge is 2.37. The van der Waals surface area contributed by atoms with Gasteiger partial charge in [0.2, 0.25) is 11.8 Å². The average Bonchev–Trinajstić information content (AvgIpc) is 2.76. The van der Waals surface area contributed by atoms with Crippen molar-refractivity contribution < 1.29 is 19.1 Å². The number of carbonyl (C=O) groups is 3. The molecule has 31 heavy (non-hydrogen) atoms. The van der Waals surface area contributed by atoms with E-state index in [2.05, 4.69) is 5.32 Å². The summed E-state index contributed by atoms with van der Waals surface area (Å²) in [5.74, 6) is -0.816. The highest BCUT2D eigenvalue weighted by atomic mass is 16.6. The van der Waals surface area contributed by atoms with Crippen LogP contribution in [-0.2, 0) is 33.9 Å². The summed E-state index contributed by atoms with van der Waals surface area (Å²) in [5.41, 5.74) is 8.31. The molecule has 2 aromatic rings. The first-order valence-electron chi connectivity index (χ1n) is 10.5. The number of hydrogen-bond donors (Lipinski definition) is 2. The van der Waals surface area contributed by atoms with Crippen molar-refractivity contribution in [3.8, 4) is 0 Å². The molecule has 3 amide bonds. The van der Waals surface area contributed by atoms with E-state index in [1.165, 1.54) is 4.90 Å². The number of nitrogens with zero attached hydrogens (tertiary/aromatic N) is 1. The highest BCUT2D eigenvalue weighted by Crippen LogP contribution is 2.25. The molecular weight excluding hydrogens is 394 g/mol. The topological polar surface area (TPSA) is 102 Å². The zero-order valence-electron chi connectivity index (χ0n) is 17.9. The van der Waals surface area contributed by atoms with Gasteiger partial charge in [-0.3, -0.25) is 14.5 Å². The van der Waals surface area contributed by atoms with Crippen LogP contribution in [0.2, 0.25) is 0 Å². The summed E-state index contributed by atoms with van der Waals surface area (Å²) in [5, 5.41) is 2.74. The molecule has 3 N–H and O–H groups in total. The van der Waals surface area contributed by atoms with Crippen molar-refractivity contribution in [2.24, 2.45) is 11.7 Å². The SMILES string of the molecule is CC(C)C[C@H](NC(=O)[C@@H]1Cc2ccccc2CN1C(=O)OCc1ccccc1)C(N)=O. The van der Waals surface area contributed by atoms with Gasteiger partial charge in [-0.1, -0.05) is 68.4 Å². The summed E-state index contributed by atoms with van der Waals surface area (Å²) >= 11 is 0. The predicted octanol–water partition coefficient (Wildman–Crippen LogP) is 2.77. The first-order valence-corrected chi connectivity index (χ1v) is 10.5. The van der Waals surface area contributed by atoms with E-state index in [0.29, 0.717) is 12.8 Å². The lowest BCUT2D eigenvalue weighted by Crippen LogP contribution is -2.56. The maximum atomic E-state index is 13.1. The minimum absolute atomic E-state index is 0.115. The Hall–Kier alpha value is -3.35. The van der Waals surface area contributed by atoms with Crippen molar-refractivity contribution in [2.75, 3.05) is 0 Å². The van der Waals surface area contributed by atoms with Gasteiger partial charge in [-0.05, 0) is 29.0 Å². The van der Waals surface area contributed by atoms with E-state index in [4.69, 9.17) is 10.5 Å². The van der Waals surface area contributed by atoms with Crippen molar-refractivity contribution in [1.29, 1.82) is 0 Å². The quantitative estimate of drug-likeness (QED) is 0.715. The smallest absolute Gasteiger partial charge is 0.411 e. The number of nitrogens with one attached hydrogen (secondary N) is 1. The number of primary amides is 1. The molecule has 0 aromatic heterocycles. The van der Waals surface area contributed by atoms with E-state index in [0.717, 1.165) is 16.7 Å². The molecule has 1 aliphatic rings. The van der Waals surface area contributed by atoms with Crippen LogP contribution in [0.1, 0.15) is 37.0 Å². The summed E-state index contributed by atoms with van der Waals surface area (Å²) in [6.07, 6.45) is 0.205. The summed E-state index contributed by atoms with van der Waals surface area (Å²) in [7, 11) is 0. The number of ether oxygens (including phenoxy) is 1. The number of carbonyl (C=O) groups excluding carboxylic acids is 3. The Morgan fingerprint density at radius 2 is 1.71 bits per heavy atom. The van der Waals surface area contributed by atoms with Crippen LogP contribution in [0.25, 0.3) is 0 Å². The average molecular weight is 424 g/mol. The first-order chi connectivity index (χ1) is 14.8. The minimum Gasteiger partial charge on any atom is -0.445 e. The van der Waals surface area contributed by atoms with Crippen LogP contribution in [0.4, 0.5) is 4.79 Å². The van der Waals surface area contributed by atoms with Crippen molar-refractivity contribution in [3.05, 3.63) is 71.3 Å². The van der Waals surface area contributed by atoms with Crippen LogP contribution in [0, 0.1) is 5.92 Å². The molecule has 0 aliphatic carbocycles. The molecule has 1 aliphatic heterocycles. The number of amides is 3. The first kappa shape index (κ1) is 22.3. The van der Waals surface area contributed by atoms with Crippen LogP contribution in [0.3, 0.4) is 0 Å². The van der Waals surface area contributed by atoms with Gasteiger partial charge in [0.25, 0.3) is 0 Å². The second kappa shape index (κ2) is 10.1. The van der Waals surface area contributed by atoms with Crippen molar-refractivity contribution in [3.63, 3.8) is 0 Å². The second-order valence-corrected chi connectivity index (χ2v) is 8.25. The number of rotatable bonds is 7. The van der Waals surface area contributed by atoms with Gasteiger partial charge in [0.15, 0.2) is 0 Å². The zero-order valence-corrected chi connectivity index (χ0v) is 17.9. The van der Waals surface area contributed by atoms with E-state index < -0.39 is 30.0 Å². The fourth-order valence-corrected chi connectivity index (χ4v) is 3.74. The molecule has 0 fully saturated rings. The van der Waals surface area contributed by atoms with Crippen LogP contribution in [0.5, 0.6) is 0 Å². The Balaban J connectivity index is 1.78. The Bertz CT molecular complexity index is 929. The van der Waals surface area contributed by atoms with Gasteiger partial charge in [0.05, 0.1) is 6.54 Å². The lowest BCUT2D eigenvalue weighted by Gasteiger charge is -2.36. The zero-order chi connectivity index (χ0) is 22.4. The van der Waals surface area contributed by atoms with Crippen molar-refractivity contribution >= 4 is 17.9 Å². The lowest BCUT2D eigenvalue weighted by atomic mass is 9.93. The number of nitrogens with two attached hydrogens (primary N) is 1. The summed E-state index contributed by atoms with van der Waals surface area (Å²) < 4.78 is 5.50. The Labute approximate surface area is 182 Å². The molecule has 0 radical (unpaired) electrons. The Kier molecular flexibility index (Phi) is 7.28. The molecule has 1 heterocycles. The molecule has 3 rings (SSSR count). The molecule has 7 nitrogen and oxygen atoms in total. The molecule has 0 spiro atoms. The number of fused-ring (bicyclic) bond motifs is 1. The third kappa shape index (κ3) is 5.84.